The molecule has 0 spiro atoms. The van der Waals surface area contributed by atoms with Gasteiger partial charge in [-0.3, -0.25) is 0 Å². The standard InChI is InChI=1S/C34H43N3O6S/c1-36(2)30-10-7-13-33(22-30)43-19-16-40-25-29-26-44-34(35-29)37(23-27-8-5-11-31(20-27)41-17-14-38-3)24-28-9-6-12-32(21-28)42-18-15-39-4/h5-13,20-22,26H,14-19,23-25H2,1-4H3. The molecule has 0 aliphatic heterocycles. The lowest BCUT2D eigenvalue weighted by Gasteiger charge is -2.23. The number of aromatic nitrogens is 1. The summed E-state index contributed by atoms with van der Waals surface area (Å²) in [7, 11) is 7.36. The molecular formula is C34H43N3O6S. The van der Waals surface area contributed by atoms with Crippen molar-refractivity contribution in [2.24, 2.45) is 0 Å². The lowest BCUT2D eigenvalue weighted by molar-refractivity contribution is 0.0873. The van der Waals surface area contributed by atoms with Crippen molar-refractivity contribution in [3.05, 3.63) is 95.0 Å². The predicted molar refractivity (Wildman–Crippen MR) is 176 cm³/mol. The van der Waals surface area contributed by atoms with Gasteiger partial charge in [-0.2, -0.15) is 0 Å². The van der Waals surface area contributed by atoms with Gasteiger partial charge in [0.15, 0.2) is 5.13 Å². The quantitative estimate of drug-likeness (QED) is 0.110. The summed E-state index contributed by atoms with van der Waals surface area (Å²) in [4.78, 5) is 9.24. The molecule has 0 atom stereocenters. The summed E-state index contributed by atoms with van der Waals surface area (Å²) in [5.74, 6) is 2.46. The van der Waals surface area contributed by atoms with E-state index in [0.29, 0.717) is 59.3 Å². The third-order valence-electron chi connectivity index (χ3n) is 6.55. The monoisotopic (exact) mass is 621 g/mol. The van der Waals surface area contributed by atoms with Gasteiger partial charge in [-0.25, -0.2) is 4.98 Å². The Morgan fingerprint density at radius 2 is 1.20 bits per heavy atom. The minimum Gasteiger partial charge on any atom is -0.491 e. The van der Waals surface area contributed by atoms with Crippen molar-refractivity contribution in [1.29, 1.82) is 0 Å². The van der Waals surface area contributed by atoms with Gasteiger partial charge in [0.25, 0.3) is 0 Å². The number of rotatable bonds is 20. The lowest BCUT2D eigenvalue weighted by atomic mass is 10.1. The number of methoxy groups -OCH3 is 2. The SMILES string of the molecule is COCCOc1cccc(CN(Cc2cccc(OCCOC)c2)c2nc(COCCOc3cccc(N(C)C)c3)cs2)c1. The summed E-state index contributed by atoms with van der Waals surface area (Å²) in [5, 5.41) is 2.97. The van der Waals surface area contributed by atoms with Gasteiger partial charge in [0.1, 0.15) is 37.1 Å². The van der Waals surface area contributed by atoms with Crippen molar-refractivity contribution in [2.45, 2.75) is 19.7 Å². The molecule has 0 unspecified atom stereocenters. The van der Waals surface area contributed by atoms with Crippen LogP contribution in [0.1, 0.15) is 16.8 Å². The second-order valence-corrected chi connectivity index (χ2v) is 11.1. The largest absolute Gasteiger partial charge is 0.491 e. The van der Waals surface area contributed by atoms with Gasteiger partial charge in [0, 0.05) is 58.5 Å². The number of hydrogen-bond acceptors (Lipinski definition) is 10. The fourth-order valence-corrected chi connectivity index (χ4v) is 5.15. The minimum absolute atomic E-state index is 0.414. The van der Waals surface area contributed by atoms with Crippen LogP contribution >= 0.6 is 11.3 Å². The second-order valence-electron chi connectivity index (χ2n) is 10.2. The Bertz CT molecular complexity index is 1340. The molecule has 9 nitrogen and oxygen atoms in total. The van der Waals surface area contributed by atoms with E-state index in [9.17, 15) is 0 Å². The first-order valence-electron chi connectivity index (χ1n) is 14.6. The topological polar surface area (TPSA) is 74.8 Å². The number of nitrogens with zero attached hydrogens (tertiary/aromatic N) is 3. The third kappa shape index (κ3) is 11.0. The molecule has 4 rings (SSSR count). The predicted octanol–water partition coefficient (Wildman–Crippen LogP) is 6.06. The first kappa shape index (κ1) is 33.1. The lowest BCUT2D eigenvalue weighted by Crippen LogP contribution is -2.22. The fourth-order valence-electron chi connectivity index (χ4n) is 4.34. The third-order valence-corrected chi connectivity index (χ3v) is 7.50. The maximum Gasteiger partial charge on any atom is 0.186 e. The van der Waals surface area contributed by atoms with Gasteiger partial charge < -0.3 is 38.2 Å². The maximum absolute atomic E-state index is 5.91. The van der Waals surface area contributed by atoms with E-state index < -0.39 is 0 Å². The van der Waals surface area contributed by atoms with Crippen molar-refractivity contribution in [3.63, 3.8) is 0 Å². The van der Waals surface area contributed by atoms with Crippen LogP contribution in [0.25, 0.3) is 0 Å². The molecule has 0 saturated carbocycles. The van der Waals surface area contributed by atoms with Crippen molar-refractivity contribution < 1.29 is 28.4 Å². The van der Waals surface area contributed by atoms with Crippen LogP contribution in [0.15, 0.2) is 78.2 Å². The molecule has 236 valence electrons. The highest BCUT2D eigenvalue weighted by atomic mass is 32.1. The number of anilines is 2. The summed E-state index contributed by atoms with van der Waals surface area (Å²) < 4.78 is 33.7. The van der Waals surface area contributed by atoms with Gasteiger partial charge >= 0.3 is 0 Å². The molecular weight excluding hydrogens is 578 g/mol. The van der Waals surface area contributed by atoms with E-state index in [0.717, 1.165) is 44.9 Å². The molecule has 3 aromatic carbocycles. The van der Waals surface area contributed by atoms with E-state index in [2.05, 4.69) is 34.5 Å². The molecule has 0 radical (unpaired) electrons. The molecule has 4 aromatic rings. The first-order chi connectivity index (χ1) is 21.5. The van der Waals surface area contributed by atoms with Gasteiger partial charge in [0.05, 0.1) is 32.1 Å². The summed E-state index contributed by atoms with van der Waals surface area (Å²) in [6.07, 6.45) is 0. The van der Waals surface area contributed by atoms with E-state index in [4.69, 9.17) is 33.4 Å². The highest BCUT2D eigenvalue weighted by molar-refractivity contribution is 7.13. The fraction of sp³-hybridized carbons (Fsp3) is 0.382. The van der Waals surface area contributed by atoms with Gasteiger partial charge in [-0.15, -0.1) is 11.3 Å². The molecule has 0 saturated heterocycles. The van der Waals surface area contributed by atoms with Crippen molar-refractivity contribution in [3.8, 4) is 17.2 Å². The minimum atomic E-state index is 0.414. The van der Waals surface area contributed by atoms with Crippen LogP contribution in [0.3, 0.4) is 0 Å². The molecule has 0 bridgehead atoms. The Morgan fingerprint density at radius 3 is 1.77 bits per heavy atom. The Labute approximate surface area is 264 Å². The highest BCUT2D eigenvalue weighted by Crippen LogP contribution is 2.27. The van der Waals surface area contributed by atoms with Gasteiger partial charge in [-0.1, -0.05) is 30.3 Å². The molecule has 0 aliphatic rings. The van der Waals surface area contributed by atoms with Gasteiger partial charge in [0.2, 0.25) is 0 Å². The first-order valence-corrected chi connectivity index (χ1v) is 15.5. The molecule has 0 amide bonds. The Balaban J connectivity index is 1.39. The summed E-state index contributed by atoms with van der Waals surface area (Å²) >= 11 is 1.61. The molecule has 10 heteroatoms. The number of benzene rings is 3. The zero-order valence-corrected chi connectivity index (χ0v) is 26.9. The molecule has 44 heavy (non-hydrogen) atoms. The average molecular weight is 622 g/mol. The Kier molecular flexibility index (Phi) is 13.6. The van der Waals surface area contributed by atoms with Gasteiger partial charge in [-0.05, 0) is 47.5 Å². The van der Waals surface area contributed by atoms with Crippen LogP contribution in [-0.2, 0) is 33.9 Å². The van der Waals surface area contributed by atoms with E-state index in [1.165, 1.54) is 0 Å². The van der Waals surface area contributed by atoms with E-state index in [1.807, 2.05) is 67.5 Å². The Hall–Kier alpha value is -3.83. The summed E-state index contributed by atoms with van der Waals surface area (Å²) in [5.41, 5.74) is 4.23. The second kappa shape index (κ2) is 18.1. The molecule has 0 N–H and O–H groups in total. The summed E-state index contributed by atoms with van der Waals surface area (Å²) in [6.45, 7) is 4.74. The van der Waals surface area contributed by atoms with Crippen molar-refractivity contribution >= 4 is 22.2 Å². The molecule has 0 fully saturated rings. The maximum atomic E-state index is 5.91. The normalized spacial score (nSPS) is 10.9. The van der Waals surface area contributed by atoms with Crippen LogP contribution < -0.4 is 24.0 Å². The van der Waals surface area contributed by atoms with E-state index >= 15 is 0 Å². The summed E-state index contributed by atoms with van der Waals surface area (Å²) in [6, 6.07) is 24.3. The van der Waals surface area contributed by atoms with Crippen LogP contribution in [0.2, 0.25) is 0 Å². The number of ether oxygens (including phenoxy) is 6. The highest BCUT2D eigenvalue weighted by Gasteiger charge is 2.15. The number of hydrogen-bond donors (Lipinski definition) is 0. The van der Waals surface area contributed by atoms with Crippen LogP contribution in [-0.4, -0.2) is 72.9 Å². The zero-order chi connectivity index (χ0) is 31.0. The zero-order valence-electron chi connectivity index (χ0n) is 26.1. The van der Waals surface area contributed by atoms with Crippen LogP contribution in [0.5, 0.6) is 17.2 Å². The average Bonchev–Trinajstić information content (AvgIpc) is 3.50. The molecule has 0 aliphatic carbocycles. The van der Waals surface area contributed by atoms with E-state index in [1.54, 1.807) is 25.6 Å². The Morgan fingerprint density at radius 1 is 0.659 bits per heavy atom. The van der Waals surface area contributed by atoms with Crippen molar-refractivity contribution in [2.75, 3.05) is 77.8 Å². The molecule has 1 heterocycles. The number of thiazole rings is 1. The molecule has 1 aromatic heterocycles. The smallest absolute Gasteiger partial charge is 0.186 e. The van der Waals surface area contributed by atoms with Crippen molar-refractivity contribution in [1.82, 2.24) is 4.98 Å². The van der Waals surface area contributed by atoms with Crippen LogP contribution in [0, 0.1) is 0 Å². The van der Waals surface area contributed by atoms with Crippen LogP contribution in [0.4, 0.5) is 10.8 Å². The van der Waals surface area contributed by atoms with E-state index in [-0.39, 0.29) is 0 Å².